The number of pyridine rings is 1. The fourth-order valence-electron chi connectivity index (χ4n) is 1.06. The largest absolute Gasteiger partial charge is 0.311 e. The summed E-state index contributed by atoms with van der Waals surface area (Å²) >= 11 is 0. The normalized spacial score (nSPS) is 9.93. The van der Waals surface area contributed by atoms with Gasteiger partial charge in [-0.3, -0.25) is 4.79 Å². The summed E-state index contributed by atoms with van der Waals surface area (Å²) in [5.41, 5.74) is 0.734. The molecule has 0 radical (unpaired) electrons. The molecule has 1 amide bonds. The molecule has 0 aliphatic carbocycles. The van der Waals surface area contributed by atoms with Crippen molar-refractivity contribution < 1.29 is 4.79 Å². The maximum atomic E-state index is 10.7. The van der Waals surface area contributed by atoms with E-state index in [1.54, 1.807) is 18.3 Å². The molecule has 76 valence electrons. The number of amides is 1. The van der Waals surface area contributed by atoms with Crippen molar-refractivity contribution >= 4 is 11.7 Å². The number of aromatic nitrogens is 5. The molecule has 0 spiro atoms. The van der Waals surface area contributed by atoms with Crippen molar-refractivity contribution in [3.05, 3.63) is 18.3 Å². The van der Waals surface area contributed by atoms with Crippen LogP contribution < -0.4 is 5.32 Å². The van der Waals surface area contributed by atoms with Crippen molar-refractivity contribution in [2.75, 3.05) is 5.32 Å². The Bertz CT molecular complexity index is 448. The molecule has 0 aliphatic rings. The average molecular weight is 204 g/mol. The molecule has 0 atom stereocenters. The highest BCUT2D eigenvalue weighted by Crippen LogP contribution is 2.13. The van der Waals surface area contributed by atoms with E-state index in [-0.39, 0.29) is 5.91 Å². The lowest BCUT2D eigenvalue weighted by atomic mass is 10.3. The Morgan fingerprint density at radius 3 is 2.87 bits per heavy atom. The second-order valence-corrected chi connectivity index (χ2v) is 2.85. The minimum Gasteiger partial charge on any atom is -0.311 e. The maximum absolute atomic E-state index is 10.7. The minimum absolute atomic E-state index is 0.158. The van der Waals surface area contributed by atoms with Gasteiger partial charge in [0.15, 0.2) is 0 Å². The number of carbonyl (C=O) groups excluding carboxylic acids is 1. The topological polar surface area (TPSA) is 96.5 Å². The molecule has 15 heavy (non-hydrogen) atoms. The molecule has 2 rings (SSSR count). The van der Waals surface area contributed by atoms with Gasteiger partial charge in [-0.15, -0.1) is 10.2 Å². The van der Waals surface area contributed by atoms with Crippen molar-refractivity contribution in [1.29, 1.82) is 0 Å². The Hall–Kier alpha value is -2.31. The number of H-pyrrole nitrogens is 1. The van der Waals surface area contributed by atoms with Crippen LogP contribution in [0.25, 0.3) is 11.4 Å². The smallest absolute Gasteiger partial charge is 0.222 e. The van der Waals surface area contributed by atoms with Crippen LogP contribution in [0.15, 0.2) is 18.3 Å². The van der Waals surface area contributed by atoms with E-state index in [0.29, 0.717) is 11.6 Å². The van der Waals surface area contributed by atoms with Crippen LogP contribution in [0.2, 0.25) is 0 Å². The summed E-state index contributed by atoms with van der Waals surface area (Å²) in [4.78, 5) is 14.8. The Labute approximate surface area is 84.9 Å². The Kier molecular flexibility index (Phi) is 2.36. The van der Waals surface area contributed by atoms with Gasteiger partial charge < -0.3 is 5.32 Å². The quantitative estimate of drug-likeness (QED) is 0.729. The monoisotopic (exact) mass is 204 g/mol. The van der Waals surface area contributed by atoms with Crippen LogP contribution >= 0.6 is 0 Å². The van der Waals surface area contributed by atoms with Crippen molar-refractivity contribution in [2.45, 2.75) is 6.92 Å². The van der Waals surface area contributed by atoms with Crippen molar-refractivity contribution in [3.8, 4) is 11.4 Å². The second kappa shape index (κ2) is 3.82. The van der Waals surface area contributed by atoms with E-state index in [1.165, 1.54) is 6.92 Å². The Morgan fingerprint density at radius 2 is 2.33 bits per heavy atom. The van der Waals surface area contributed by atoms with Gasteiger partial charge >= 0.3 is 0 Å². The molecule has 0 saturated carbocycles. The number of nitrogens with one attached hydrogen (secondary N) is 2. The second-order valence-electron chi connectivity index (χ2n) is 2.85. The van der Waals surface area contributed by atoms with E-state index in [0.717, 1.165) is 5.56 Å². The summed E-state index contributed by atoms with van der Waals surface area (Å²) in [5, 5.41) is 16.0. The van der Waals surface area contributed by atoms with E-state index in [1.807, 2.05) is 0 Å². The number of hydrogen-bond donors (Lipinski definition) is 2. The van der Waals surface area contributed by atoms with Crippen molar-refractivity contribution in [1.82, 2.24) is 25.6 Å². The maximum Gasteiger partial charge on any atom is 0.222 e. The van der Waals surface area contributed by atoms with Crippen LogP contribution in [0.4, 0.5) is 5.82 Å². The predicted octanol–water partition coefficient (Wildman–Crippen LogP) is 0.220. The molecule has 0 fully saturated rings. The van der Waals surface area contributed by atoms with Gasteiger partial charge in [-0.1, -0.05) is 0 Å². The first-order valence-corrected chi connectivity index (χ1v) is 4.23. The van der Waals surface area contributed by atoms with Gasteiger partial charge in [0.25, 0.3) is 0 Å². The highest BCUT2D eigenvalue weighted by Gasteiger charge is 2.03. The van der Waals surface area contributed by atoms with Crippen molar-refractivity contribution in [2.24, 2.45) is 0 Å². The van der Waals surface area contributed by atoms with Crippen LogP contribution in [-0.2, 0) is 4.79 Å². The molecule has 2 aromatic heterocycles. The molecule has 0 aromatic carbocycles. The first kappa shape index (κ1) is 9.25. The van der Waals surface area contributed by atoms with Crippen LogP contribution in [0.3, 0.4) is 0 Å². The van der Waals surface area contributed by atoms with E-state index in [9.17, 15) is 4.79 Å². The van der Waals surface area contributed by atoms with E-state index in [2.05, 4.69) is 30.9 Å². The summed E-state index contributed by atoms with van der Waals surface area (Å²) in [6.07, 6.45) is 1.57. The van der Waals surface area contributed by atoms with E-state index < -0.39 is 0 Å². The van der Waals surface area contributed by atoms with Gasteiger partial charge in [0.05, 0.1) is 0 Å². The lowest BCUT2D eigenvalue weighted by molar-refractivity contribution is -0.114. The van der Waals surface area contributed by atoms with Gasteiger partial charge in [0.2, 0.25) is 11.7 Å². The molecule has 2 N–H and O–H groups in total. The third-order valence-electron chi connectivity index (χ3n) is 1.67. The number of hydrogen-bond acceptors (Lipinski definition) is 5. The molecule has 0 unspecified atom stereocenters. The van der Waals surface area contributed by atoms with Gasteiger partial charge in [0.1, 0.15) is 5.82 Å². The zero-order valence-corrected chi connectivity index (χ0v) is 7.93. The molecule has 2 aromatic rings. The number of rotatable bonds is 2. The van der Waals surface area contributed by atoms with E-state index >= 15 is 0 Å². The Balaban J connectivity index is 2.21. The first-order valence-electron chi connectivity index (χ1n) is 4.23. The fourth-order valence-corrected chi connectivity index (χ4v) is 1.06. The van der Waals surface area contributed by atoms with Gasteiger partial charge in [-0.25, -0.2) is 4.98 Å². The predicted molar refractivity (Wildman–Crippen MR) is 51.7 cm³/mol. The highest BCUT2D eigenvalue weighted by atomic mass is 16.1. The molecule has 7 heteroatoms. The average Bonchev–Trinajstić information content (AvgIpc) is 2.71. The zero-order valence-electron chi connectivity index (χ0n) is 7.93. The van der Waals surface area contributed by atoms with Crippen molar-refractivity contribution in [3.63, 3.8) is 0 Å². The van der Waals surface area contributed by atoms with Gasteiger partial charge in [-0.05, 0) is 17.3 Å². The first-order chi connectivity index (χ1) is 7.25. The zero-order chi connectivity index (χ0) is 10.7. The minimum atomic E-state index is -0.158. The van der Waals surface area contributed by atoms with Crippen LogP contribution in [0, 0.1) is 0 Å². The van der Waals surface area contributed by atoms with Crippen LogP contribution in [0.1, 0.15) is 6.92 Å². The number of anilines is 1. The lowest BCUT2D eigenvalue weighted by Gasteiger charge is -2.00. The summed E-state index contributed by atoms with van der Waals surface area (Å²) in [5.74, 6) is 0.807. The molecular weight excluding hydrogens is 196 g/mol. The summed E-state index contributed by atoms with van der Waals surface area (Å²) < 4.78 is 0. The standard InChI is InChI=1S/C8H8N6O/c1-5(15)10-7-3-2-6(4-9-7)8-11-13-14-12-8/h2-4H,1H3,(H,9,10,15)(H,11,12,13,14). The molecule has 2 heterocycles. The SMILES string of the molecule is CC(=O)Nc1ccc(-c2nn[nH]n2)cn1. The van der Waals surface area contributed by atoms with Gasteiger partial charge in [-0.2, -0.15) is 5.21 Å². The Morgan fingerprint density at radius 1 is 1.47 bits per heavy atom. The fraction of sp³-hybridized carbons (Fsp3) is 0.125. The molecule has 0 bridgehead atoms. The molecule has 0 saturated heterocycles. The van der Waals surface area contributed by atoms with Gasteiger partial charge in [0, 0.05) is 18.7 Å². The summed E-state index contributed by atoms with van der Waals surface area (Å²) in [6.45, 7) is 1.43. The number of nitrogens with zero attached hydrogens (tertiary/aromatic N) is 4. The molecule has 0 aliphatic heterocycles. The molecular formula is C8H8N6O. The van der Waals surface area contributed by atoms with Crippen LogP contribution in [0.5, 0.6) is 0 Å². The summed E-state index contributed by atoms with van der Waals surface area (Å²) in [6, 6.07) is 3.43. The number of aromatic amines is 1. The molecule has 7 nitrogen and oxygen atoms in total. The number of tetrazole rings is 1. The van der Waals surface area contributed by atoms with Crippen LogP contribution in [-0.4, -0.2) is 31.5 Å². The lowest BCUT2D eigenvalue weighted by Crippen LogP contribution is -2.06. The van der Waals surface area contributed by atoms with E-state index in [4.69, 9.17) is 0 Å². The third kappa shape index (κ3) is 2.13. The summed E-state index contributed by atoms with van der Waals surface area (Å²) in [7, 11) is 0. The third-order valence-corrected chi connectivity index (χ3v) is 1.67. The highest BCUT2D eigenvalue weighted by molar-refractivity contribution is 5.87. The number of carbonyl (C=O) groups is 1.